The molecule has 0 unspecified atom stereocenters. The normalized spacial score (nSPS) is 1.20. The average Bonchev–Trinajstić information content (AvgIpc) is 1.00. The molecule has 0 aromatic heterocycles. The molecule has 0 aliphatic carbocycles. The fourth-order valence-electron chi connectivity index (χ4n) is 0. The molecule has 0 saturated carbocycles. The van der Waals surface area contributed by atoms with E-state index in [1.807, 2.05) is 0 Å². The van der Waals surface area contributed by atoms with E-state index in [2.05, 4.69) is 11.9 Å². The molecule has 0 fully saturated rings. The second-order valence-electron chi connectivity index (χ2n) is 0. The molecule has 0 aromatic rings. The van der Waals surface area contributed by atoms with E-state index in [0.717, 1.165) is 0 Å². The minimum Gasteiger partial charge on any atom is -0.412 e. The molecular formula is H3ClCu2O2. The summed E-state index contributed by atoms with van der Waals surface area (Å²) in [5.74, 6) is 0. The maximum absolute atomic E-state index is 6.47. The van der Waals surface area contributed by atoms with Crippen LogP contribution < -0.4 is 0 Å². The Balaban J connectivity index is -0.00000000167. The van der Waals surface area contributed by atoms with Crippen molar-refractivity contribution in [1.29, 1.82) is 0 Å². The summed E-state index contributed by atoms with van der Waals surface area (Å²) >= 11 is 3.64. The van der Waals surface area contributed by atoms with Gasteiger partial charge in [-0.1, -0.05) is 0 Å². The third-order valence-corrected chi connectivity index (χ3v) is 0. The van der Waals surface area contributed by atoms with Crippen LogP contribution in [0.15, 0.2) is 0 Å². The number of halogens is 1. The van der Waals surface area contributed by atoms with E-state index >= 15 is 0 Å². The Morgan fingerprint density at radius 2 is 1.00 bits per heavy atom. The first kappa shape index (κ1) is 34.0. The molecule has 0 aromatic carbocycles. The van der Waals surface area contributed by atoms with Gasteiger partial charge in [0.25, 0.3) is 0 Å². The molecule has 5 heteroatoms. The molecule has 0 aliphatic heterocycles. The Labute approximate surface area is 56.3 Å². The van der Waals surface area contributed by atoms with Gasteiger partial charge in [-0.25, -0.2) is 0 Å². The van der Waals surface area contributed by atoms with E-state index in [-0.39, 0.29) is 39.6 Å². The molecule has 2 radical (unpaired) electrons. The first-order valence-electron chi connectivity index (χ1n) is 0.169. The predicted molar refractivity (Wildman–Crippen MR) is 11.7 cm³/mol. The van der Waals surface area contributed by atoms with Crippen molar-refractivity contribution in [1.82, 2.24) is 0 Å². The van der Waals surface area contributed by atoms with Gasteiger partial charge in [-0.2, -0.15) is 0 Å². The van der Waals surface area contributed by atoms with E-state index in [1.54, 1.807) is 0 Å². The molecule has 0 bridgehead atoms. The van der Waals surface area contributed by atoms with Crippen molar-refractivity contribution in [3.8, 4) is 0 Å². The zero-order valence-corrected chi connectivity index (χ0v) is 4.57. The standard InChI is InChI=1S/ClHO.2Cu.H2O/c1-2;;;/h2H;;;1H2. The molecule has 0 saturated heterocycles. The minimum absolute atomic E-state index is 0. The van der Waals surface area contributed by atoms with Crippen molar-refractivity contribution in [2.24, 2.45) is 0 Å². The van der Waals surface area contributed by atoms with Crippen molar-refractivity contribution in [3.05, 3.63) is 0 Å². The number of rotatable bonds is 0. The van der Waals surface area contributed by atoms with Gasteiger partial charge in [-0.15, -0.1) is 0 Å². The minimum atomic E-state index is 0. The third kappa shape index (κ3) is 35.5. The van der Waals surface area contributed by atoms with Crippen LogP contribution in [0.1, 0.15) is 0 Å². The molecule has 5 heavy (non-hydrogen) atoms. The summed E-state index contributed by atoms with van der Waals surface area (Å²) in [7, 11) is 0. The molecule has 3 N–H and O–H groups in total. The Bertz CT molecular complexity index is 7.61. The Morgan fingerprint density at radius 1 is 1.00 bits per heavy atom. The van der Waals surface area contributed by atoms with Gasteiger partial charge in [0.1, 0.15) is 0 Å². The van der Waals surface area contributed by atoms with Gasteiger partial charge in [-0.3, -0.25) is 4.66 Å². The van der Waals surface area contributed by atoms with Crippen LogP contribution in [0.2, 0.25) is 0 Å². The first-order valence-corrected chi connectivity index (χ1v) is 0.507. The molecular weight excluding hydrogens is 195 g/mol. The predicted octanol–water partition coefficient (Wildman–Crippen LogP) is -0.697. The average molecular weight is 198 g/mol. The van der Waals surface area contributed by atoms with Crippen LogP contribution in [-0.2, 0) is 34.1 Å². The van der Waals surface area contributed by atoms with E-state index in [9.17, 15) is 0 Å². The fourth-order valence-corrected chi connectivity index (χ4v) is 0. The van der Waals surface area contributed by atoms with Crippen molar-refractivity contribution in [3.63, 3.8) is 0 Å². The Kier molecular flexibility index (Phi) is 414. The maximum Gasteiger partial charge on any atom is 0.0579 e. The van der Waals surface area contributed by atoms with Crippen molar-refractivity contribution >= 4 is 11.9 Å². The first-order chi connectivity index (χ1) is 1.00. The largest absolute Gasteiger partial charge is 0.412 e. The summed E-state index contributed by atoms with van der Waals surface area (Å²) in [6.07, 6.45) is 0. The van der Waals surface area contributed by atoms with Crippen LogP contribution >= 0.6 is 11.9 Å². The van der Waals surface area contributed by atoms with Crippen LogP contribution in [-0.4, -0.2) is 10.1 Å². The van der Waals surface area contributed by atoms with Gasteiger partial charge in [0.15, 0.2) is 0 Å². The summed E-state index contributed by atoms with van der Waals surface area (Å²) in [6, 6.07) is 0. The topological polar surface area (TPSA) is 51.7 Å². The molecule has 44 valence electrons. The molecule has 0 heterocycles. The molecule has 0 atom stereocenters. The smallest absolute Gasteiger partial charge is 0.0579 e. The Morgan fingerprint density at radius 3 is 1.00 bits per heavy atom. The molecule has 0 aliphatic rings. The summed E-state index contributed by atoms with van der Waals surface area (Å²) in [5, 5.41) is 0. The van der Waals surface area contributed by atoms with E-state index < -0.39 is 0 Å². The van der Waals surface area contributed by atoms with Gasteiger partial charge in [-0.05, 0) is 0 Å². The molecule has 0 spiro atoms. The molecule has 2 nitrogen and oxygen atoms in total. The van der Waals surface area contributed by atoms with Gasteiger partial charge < -0.3 is 5.48 Å². The maximum atomic E-state index is 6.47. The Hall–Kier alpha value is 1.25. The monoisotopic (exact) mass is 196 g/mol. The summed E-state index contributed by atoms with van der Waals surface area (Å²) in [5.41, 5.74) is 0. The van der Waals surface area contributed by atoms with Gasteiger partial charge in [0, 0.05) is 34.1 Å². The van der Waals surface area contributed by atoms with Crippen LogP contribution in [0.4, 0.5) is 0 Å². The number of hydrogen-bond donors (Lipinski definition) is 1. The summed E-state index contributed by atoms with van der Waals surface area (Å²) in [4.78, 5) is 0. The van der Waals surface area contributed by atoms with Crippen LogP contribution in [0.5, 0.6) is 0 Å². The quantitative estimate of drug-likeness (QED) is 0.513. The van der Waals surface area contributed by atoms with Crippen molar-refractivity contribution < 1.29 is 44.3 Å². The summed E-state index contributed by atoms with van der Waals surface area (Å²) < 4.78 is 6.47. The van der Waals surface area contributed by atoms with E-state index in [4.69, 9.17) is 4.66 Å². The fraction of sp³-hybridized carbons (Fsp3) is 0. The molecule has 0 amide bonds. The summed E-state index contributed by atoms with van der Waals surface area (Å²) in [6.45, 7) is 0. The SMILES string of the molecule is O.OCl.[Cu].[Cu]. The zero-order valence-electron chi connectivity index (χ0n) is 1.93. The van der Waals surface area contributed by atoms with Gasteiger partial charge in [0.2, 0.25) is 0 Å². The van der Waals surface area contributed by atoms with Gasteiger partial charge in [0.05, 0.1) is 11.9 Å². The van der Waals surface area contributed by atoms with Crippen LogP contribution in [0, 0.1) is 0 Å². The van der Waals surface area contributed by atoms with E-state index in [1.165, 1.54) is 0 Å². The third-order valence-electron chi connectivity index (χ3n) is 0. The number of hydrogen-bond acceptors (Lipinski definition) is 1. The molecule has 0 rings (SSSR count). The van der Waals surface area contributed by atoms with E-state index in [0.29, 0.717) is 0 Å². The van der Waals surface area contributed by atoms with Gasteiger partial charge >= 0.3 is 0 Å². The van der Waals surface area contributed by atoms with Crippen molar-refractivity contribution in [2.45, 2.75) is 0 Å². The van der Waals surface area contributed by atoms with Crippen LogP contribution in [0.3, 0.4) is 0 Å². The van der Waals surface area contributed by atoms with Crippen LogP contribution in [0.25, 0.3) is 0 Å². The van der Waals surface area contributed by atoms with Crippen molar-refractivity contribution in [2.75, 3.05) is 0 Å². The second kappa shape index (κ2) is 60.7. The zero-order chi connectivity index (χ0) is 2.00. The second-order valence-corrected chi connectivity index (χ2v) is 0.